The molecule has 0 atom stereocenters. The van der Waals surface area contributed by atoms with Gasteiger partial charge in [0.2, 0.25) is 0 Å². The molecule has 0 bridgehead atoms. The van der Waals surface area contributed by atoms with E-state index in [4.69, 9.17) is 9.84 Å². The van der Waals surface area contributed by atoms with Crippen molar-refractivity contribution in [3.8, 4) is 0 Å². The third-order valence-corrected chi connectivity index (χ3v) is 3.06. The Labute approximate surface area is 114 Å². The fraction of sp³-hybridized carbons (Fsp3) is 0.833. The van der Waals surface area contributed by atoms with Gasteiger partial charge in [-0.05, 0) is 27.9 Å². The fourth-order valence-electron chi connectivity index (χ4n) is 1.18. The Kier molecular flexibility index (Phi) is 7.40. The first-order valence-corrected chi connectivity index (χ1v) is 6.11. The van der Waals surface area contributed by atoms with Gasteiger partial charge in [-0.2, -0.15) is 0 Å². The number of aliphatic carboxylic acids is 1. The van der Waals surface area contributed by atoms with Gasteiger partial charge in [-0.3, -0.25) is 4.79 Å². The molecular formula is C12H25N3O4. The molecule has 2 N–H and O–H groups in total. The lowest BCUT2D eigenvalue weighted by Crippen LogP contribution is -2.52. The summed E-state index contributed by atoms with van der Waals surface area (Å²) in [5, 5.41) is 11.5. The highest BCUT2D eigenvalue weighted by molar-refractivity contribution is 5.80. The van der Waals surface area contributed by atoms with Gasteiger partial charge in [0.25, 0.3) is 0 Å². The number of ether oxygens (including phenoxy) is 1. The summed E-state index contributed by atoms with van der Waals surface area (Å²) in [5.74, 6) is -1.04. The van der Waals surface area contributed by atoms with Gasteiger partial charge in [0.15, 0.2) is 0 Å². The minimum Gasteiger partial charge on any atom is -0.480 e. The first-order valence-electron chi connectivity index (χ1n) is 6.11. The molecule has 112 valence electrons. The molecule has 0 saturated carbocycles. The molecule has 7 nitrogen and oxygen atoms in total. The Morgan fingerprint density at radius 1 is 1.32 bits per heavy atom. The normalized spacial score (nSPS) is 11.5. The van der Waals surface area contributed by atoms with E-state index in [1.54, 1.807) is 0 Å². The maximum atomic E-state index is 11.9. The number of carboxylic acids is 1. The average molecular weight is 275 g/mol. The number of nitrogens with one attached hydrogen (secondary N) is 1. The SMILES string of the molecule is COCCN(CC(=O)O)C(=O)NCC(C)(C)N(C)C. The standard InChI is InChI=1S/C12H25N3O4/c1-12(2,14(3)4)9-13-11(18)15(6-7-19-5)8-10(16)17/h6-9H2,1-5H3,(H,13,18)(H,16,17). The summed E-state index contributed by atoms with van der Waals surface area (Å²) in [6, 6.07) is -0.394. The van der Waals surface area contributed by atoms with Gasteiger partial charge in [-0.15, -0.1) is 0 Å². The number of carbonyl (C=O) groups is 2. The number of nitrogens with zero attached hydrogens (tertiary/aromatic N) is 2. The van der Waals surface area contributed by atoms with Crippen molar-refractivity contribution in [2.45, 2.75) is 19.4 Å². The van der Waals surface area contributed by atoms with Gasteiger partial charge in [0, 0.05) is 25.7 Å². The van der Waals surface area contributed by atoms with Crippen LogP contribution in [-0.4, -0.2) is 79.9 Å². The first kappa shape index (κ1) is 17.7. The molecule has 0 aliphatic heterocycles. The molecule has 0 spiro atoms. The van der Waals surface area contributed by atoms with Gasteiger partial charge >= 0.3 is 12.0 Å². The summed E-state index contributed by atoms with van der Waals surface area (Å²) in [4.78, 5) is 25.9. The van der Waals surface area contributed by atoms with Gasteiger partial charge in [0.05, 0.1) is 6.61 Å². The largest absolute Gasteiger partial charge is 0.480 e. The highest BCUT2D eigenvalue weighted by Gasteiger charge is 2.23. The van der Waals surface area contributed by atoms with E-state index in [-0.39, 0.29) is 18.6 Å². The zero-order valence-corrected chi connectivity index (χ0v) is 12.4. The van der Waals surface area contributed by atoms with Gasteiger partial charge in [-0.25, -0.2) is 4.79 Å². The van der Waals surface area contributed by atoms with Crippen LogP contribution in [0.1, 0.15) is 13.8 Å². The van der Waals surface area contributed by atoms with E-state index in [1.807, 2.05) is 32.8 Å². The first-order chi connectivity index (χ1) is 8.70. The van der Waals surface area contributed by atoms with E-state index in [0.717, 1.165) is 0 Å². The molecule has 0 aliphatic rings. The quantitative estimate of drug-likeness (QED) is 0.655. The number of carbonyl (C=O) groups excluding carboxylic acids is 1. The van der Waals surface area contributed by atoms with E-state index in [0.29, 0.717) is 13.2 Å². The van der Waals surface area contributed by atoms with Crippen LogP contribution in [0.15, 0.2) is 0 Å². The number of carboxylic acid groups (broad SMARTS) is 1. The number of hydrogen-bond donors (Lipinski definition) is 2. The van der Waals surface area contributed by atoms with Gasteiger partial charge in [0.1, 0.15) is 6.54 Å². The van der Waals surface area contributed by atoms with Crippen molar-refractivity contribution < 1.29 is 19.4 Å². The summed E-state index contributed by atoms with van der Waals surface area (Å²) in [6.45, 7) is 4.63. The second-order valence-electron chi connectivity index (χ2n) is 5.17. The van der Waals surface area contributed by atoms with Crippen molar-refractivity contribution in [1.29, 1.82) is 0 Å². The molecule has 0 aliphatic carbocycles. The molecule has 0 fully saturated rings. The molecule has 0 radical (unpaired) electrons. The fourth-order valence-corrected chi connectivity index (χ4v) is 1.18. The molecule has 0 heterocycles. The highest BCUT2D eigenvalue weighted by atomic mass is 16.5. The maximum absolute atomic E-state index is 11.9. The Balaban J connectivity index is 4.42. The van der Waals surface area contributed by atoms with Crippen LogP contribution in [-0.2, 0) is 9.53 Å². The van der Waals surface area contributed by atoms with Crippen molar-refractivity contribution in [3.05, 3.63) is 0 Å². The zero-order valence-electron chi connectivity index (χ0n) is 12.4. The molecule has 0 aromatic carbocycles. The third-order valence-electron chi connectivity index (χ3n) is 3.06. The minimum absolute atomic E-state index is 0.203. The Hall–Kier alpha value is -1.34. The molecule has 7 heteroatoms. The lowest BCUT2D eigenvalue weighted by Gasteiger charge is -2.33. The Morgan fingerprint density at radius 2 is 1.89 bits per heavy atom. The van der Waals surface area contributed by atoms with E-state index < -0.39 is 12.0 Å². The molecule has 0 aromatic heterocycles. The summed E-state index contributed by atoms with van der Waals surface area (Å²) in [6.07, 6.45) is 0. The zero-order chi connectivity index (χ0) is 15.1. The second kappa shape index (κ2) is 7.96. The predicted molar refractivity (Wildman–Crippen MR) is 72.2 cm³/mol. The smallest absolute Gasteiger partial charge is 0.323 e. The molecule has 2 amide bonds. The summed E-state index contributed by atoms with van der Waals surface area (Å²) < 4.78 is 4.86. The van der Waals surface area contributed by atoms with Crippen LogP contribution in [0.4, 0.5) is 4.79 Å². The van der Waals surface area contributed by atoms with Gasteiger partial charge < -0.3 is 25.0 Å². The van der Waals surface area contributed by atoms with Crippen LogP contribution in [0.25, 0.3) is 0 Å². The number of likely N-dealkylation sites (N-methyl/N-ethyl adjacent to an activating group) is 1. The number of urea groups is 1. The van der Waals surface area contributed by atoms with Crippen LogP contribution in [0.5, 0.6) is 0 Å². The molecule has 19 heavy (non-hydrogen) atoms. The third kappa shape index (κ3) is 6.97. The summed E-state index contributed by atoms with van der Waals surface area (Å²) in [5.41, 5.74) is -0.203. The van der Waals surface area contributed by atoms with Crippen molar-refractivity contribution >= 4 is 12.0 Å². The molecule has 0 saturated heterocycles. The van der Waals surface area contributed by atoms with Crippen LogP contribution >= 0.6 is 0 Å². The number of hydrogen-bond acceptors (Lipinski definition) is 4. The molecule has 0 unspecified atom stereocenters. The van der Waals surface area contributed by atoms with Crippen LogP contribution in [0.2, 0.25) is 0 Å². The van der Waals surface area contributed by atoms with Crippen LogP contribution in [0.3, 0.4) is 0 Å². The van der Waals surface area contributed by atoms with E-state index in [2.05, 4.69) is 5.32 Å². The van der Waals surface area contributed by atoms with Crippen LogP contribution < -0.4 is 5.32 Å². The Bertz CT molecular complexity index is 305. The highest BCUT2D eigenvalue weighted by Crippen LogP contribution is 2.07. The van der Waals surface area contributed by atoms with Crippen LogP contribution in [0, 0.1) is 0 Å². The second-order valence-corrected chi connectivity index (χ2v) is 5.17. The topological polar surface area (TPSA) is 82.1 Å². The Morgan fingerprint density at radius 3 is 2.32 bits per heavy atom. The number of methoxy groups -OCH3 is 1. The van der Waals surface area contributed by atoms with E-state index in [1.165, 1.54) is 12.0 Å². The number of amides is 2. The predicted octanol–water partition coefficient (Wildman–Crippen LogP) is 0.0692. The van der Waals surface area contributed by atoms with E-state index in [9.17, 15) is 9.59 Å². The maximum Gasteiger partial charge on any atom is 0.323 e. The molecule has 0 rings (SSSR count). The van der Waals surface area contributed by atoms with E-state index >= 15 is 0 Å². The van der Waals surface area contributed by atoms with Crippen molar-refractivity contribution in [2.75, 3.05) is 47.4 Å². The lowest BCUT2D eigenvalue weighted by molar-refractivity contribution is -0.137. The van der Waals surface area contributed by atoms with Crippen molar-refractivity contribution in [2.24, 2.45) is 0 Å². The lowest BCUT2D eigenvalue weighted by atomic mass is 10.0. The summed E-state index contributed by atoms with van der Waals surface area (Å²) >= 11 is 0. The number of rotatable bonds is 8. The average Bonchev–Trinajstić information content (AvgIpc) is 2.30. The van der Waals surface area contributed by atoms with Crippen molar-refractivity contribution in [1.82, 2.24) is 15.1 Å². The van der Waals surface area contributed by atoms with Gasteiger partial charge in [-0.1, -0.05) is 0 Å². The van der Waals surface area contributed by atoms with Crippen molar-refractivity contribution in [3.63, 3.8) is 0 Å². The molecule has 0 aromatic rings. The molecular weight excluding hydrogens is 250 g/mol. The summed E-state index contributed by atoms with van der Waals surface area (Å²) in [7, 11) is 5.35. The monoisotopic (exact) mass is 275 g/mol. The minimum atomic E-state index is -1.04.